The highest BCUT2D eigenvalue weighted by Crippen LogP contribution is 2.05. The lowest BCUT2D eigenvalue weighted by molar-refractivity contribution is -0.144. The first-order valence-corrected chi connectivity index (χ1v) is 16.2. The lowest BCUT2D eigenvalue weighted by Crippen LogP contribution is -2.57. The maximum absolute atomic E-state index is 13.0. The van der Waals surface area contributed by atoms with E-state index in [1.54, 1.807) is 0 Å². The molecule has 0 aromatic carbocycles. The molecule has 0 rings (SSSR count). The number of nitrogens with two attached hydrogens (primary N) is 3. The molecule has 0 aliphatic rings. The summed E-state index contributed by atoms with van der Waals surface area (Å²) in [6.45, 7) is -1.08. The van der Waals surface area contributed by atoms with Gasteiger partial charge in [0, 0.05) is 6.42 Å². The monoisotopic (exact) mass is 747 g/mol. The molecule has 23 heteroatoms. The van der Waals surface area contributed by atoms with Gasteiger partial charge in [0.15, 0.2) is 0 Å². The van der Waals surface area contributed by atoms with Gasteiger partial charge in [-0.05, 0) is 51.6 Å². The third kappa shape index (κ3) is 20.9. The van der Waals surface area contributed by atoms with Crippen LogP contribution in [-0.2, 0) is 47.9 Å². The fourth-order valence-corrected chi connectivity index (χ4v) is 4.29. The topological polar surface area (TPSA) is 402 Å². The molecule has 0 heterocycles. The quantitative estimate of drug-likeness (QED) is 0.0332. The molecule has 52 heavy (non-hydrogen) atoms. The highest BCUT2D eigenvalue weighted by molar-refractivity contribution is 5.97. The molecular weight excluding hydrogens is 698 g/mol. The third-order valence-corrected chi connectivity index (χ3v) is 7.06. The maximum atomic E-state index is 13.0. The second-order valence-corrected chi connectivity index (χ2v) is 11.4. The van der Waals surface area contributed by atoms with E-state index in [0.717, 1.165) is 0 Å². The number of hydrogen-bond donors (Lipinski definition) is 13. The van der Waals surface area contributed by atoms with Crippen LogP contribution in [0.4, 0.5) is 0 Å². The van der Waals surface area contributed by atoms with Crippen molar-refractivity contribution >= 4 is 59.3 Å². The van der Waals surface area contributed by atoms with Crippen LogP contribution in [0.15, 0.2) is 0 Å². The van der Waals surface area contributed by atoms with E-state index < -0.39 is 128 Å². The van der Waals surface area contributed by atoms with E-state index in [9.17, 15) is 58.2 Å². The van der Waals surface area contributed by atoms with Gasteiger partial charge in [-0.2, -0.15) is 0 Å². The Labute approximate surface area is 297 Å². The SMILES string of the molecule is NCCCCC(N)C(=O)NC(CCC(=O)O)C(=O)NC(CC(=O)O)C(=O)NCC(=O)NCC(=O)NC(CC(=O)O)C(=O)NC(CCCCN)C(=O)O. The predicted octanol–water partition coefficient (Wildman–Crippen LogP) is -5.36. The van der Waals surface area contributed by atoms with Crippen LogP contribution >= 0.6 is 0 Å². The third-order valence-electron chi connectivity index (χ3n) is 7.06. The van der Waals surface area contributed by atoms with Gasteiger partial charge in [0.2, 0.25) is 35.4 Å². The normalized spacial score (nSPS) is 13.5. The molecule has 0 aromatic heterocycles. The van der Waals surface area contributed by atoms with Crippen LogP contribution in [0.2, 0.25) is 0 Å². The summed E-state index contributed by atoms with van der Waals surface area (Å²) in [6.07, 6.45) is -0.926. The summed E-state index contributed by atoms with van der Waals surface area (Å²) in [4.78, 5) is 121. The van der Waals surface area contributed by atoms with Crippen LogP contribution < -0.4 is 49.1 Å². The molecule has 0 saturated carbocycles. The lowest BCUT2D eigenvalue weighted by atomic mass is 10.1. The van der Waals surface area contributed by atoms with Crippen molar-refractivity contribution in [2.75, 3.05) is 26.2 Å². The zero-order valence-corrected chi connectivity index (χ0v) is 28.4. The fourth-order valence-electron chi connectivity index (χ4n) is 4.29. The van der Waals surface area contributed by atoms with Crippen LogP contribution in [0.1, 0.15) is 64.2 Å². The van der Waals surface area contributed by atoms with Gasteiger partial charge in [-0.3, -0.25) is 43.2 Å². The molecule has 0 aliphatic carbocycles. The number of carboxylic acid groups (broad SMARTS) is 4. The summed E-state index contributed by atoms with van der Waals surface area (Å²) in [5, 5.41) is 49.5. The fraction of sp³-hybridized carbons (Fsp3) is 0.655. The molecule has 0 radical (unpaired) electrons. The molecule has 5 unspecified atom stereocenters. The van der Waals surface area contributed by atoms with Gasteiger partial charge in [-0.25, -0.2) is 4.79 Å². The molecule has 0 saturated heterocycles. The summed E-state index contributed by atoms with van der Waals surface area (Å²) in [5.41, 5.74) is 16.6. The number of carbonyl (C=O) groups excluding carboxylic acids is 6. The van der Waals surface area contributed by atoms with E-state index in [0.29, 0.717) is 32.2 Å². The van der Waals surface area contributed by atoms with Crippen molar-refractivity contribution in [3.05, 3.63) is 0 Å². The minimum Gasteiger partial charge on any atom is -0.481 e. The van der Waals surface area contributed by atoms with E-state index in [1.807, 2.05) is 0 Å². The summed E-state index contributed by atoms with van der Waals surface area (Å²) >= 11 is 0. The number of rotatable bonds is 28. The van der Waals surface area contributed by atoms with Crippen molar-refractivity contribution < 1.29 is 68.4 Å². The van der Waals surface area contributed by atoms with Crippen molar-refractivity contribution in [2.45, 2.75) is 94.4 Å². The average Bonchev–Trinajstić information content (AvgIpc) is 3.06. The number of carboxylic acids is 4. The number of hydrogen-bond acceptors (Lipinski definition) is 13. The van der Waals surface area contributed by atoms with Crippen molar-refractivity contribution in [3.63, 3.8) is 0 Å². The van der Waals surface area contributed by atoms with Crippen LogP contribution in [0, 0.1) is 0 Å². The number of unbranched alkanes of at least 4 members (excludes halogenated alkanes) is 2. The van der Waals surface area contributed by atoms with Crippen LogP contribution in [0.3, 0.4) is 0 Å². The van der Waals surface area contributed by atoms with Gasteiger partial charge in [0.25, 0.3) is 0 Å². The summed E-state index contributed by atoms with van der Waals surface area (Å²) in [5.74, 6) is -12.1. The number of amides is 6. The lowest BCUT2D eigenvalue weighted by Gasteiger charge is -2.23. The Morgan fingerprint density at radius 1 is 0.481 bits per heavy atom. The molecule has 0 aliphatic heterocycles. The molecule has 5 atom stereocenters. The van der Waals surface area contributed by atoms with Crippen molar-refractivity contribution in [1.29, 1.82) is 0 Å². The Morgan fingerprint density at radius 3 is 1.48 bits per heavy atom. The first-order chi connectivity index (χ1) is 24.4. The molecule has 0 fully saturated rings. The van der Waals surface area contributed by atoms with Gasteiger partial charge in [0.05, 0.1) is 32.0 Å². The maximum Gasteiger partial charge on any atom is 0.326 e. The van der Waals surface area contributed by atoms with Crippen LogP contribution in [-0.4, -0.2) is 136 Å². The largest absolute Gasteiger partial charge is 0.481 e. The molecule has 16 N–H and O–H groups in total. The van der Waals surface area contributed by atoms with Gasteiger partial charge in [-0.15, -0.1) is 0 Å². The summed E-state index contributed by atoms with van der Waals surface area (Å²) < 4.78 is 0. The summed E-state index contributed by atoms with van der Waals surface area (Å²) in [6, 6.07) is -7.55. The second-order valence-electron chi connectivity index (χ2n) is 11.4. The van der Waals surface area contributed by atoms with Gasteiger partial charge < -0.3 is 69.5 Å². The highest BCUT2D eigenvalue weighted by Gasteiger charge is 2.31. The Hall–Kier alpha value is -5.42. The molecule has 23 nitrogen and oxygen atoms in total. The van der Waals surface area contributed by atoms with Crippen LogP contribution in [0.5, 0.6) is 0 Å². The van der Waals surface area contributed by atoms with E-state index in [-0.39, 0.29) is 19.4 Å². The van der Waals surface area contributed by atoms with E-state index in [1.165, 1.54) is 0 Å². The molecule has 0 bridgehead atoms. The van der Waals surface area contributed by atoms with E-state index >= 15 is 0 Å². The minimum atomic E-state index is -1.82. The smallest absolute Gasteiger partial charge is 0.326 e. The first-order valence-electron chi connectivity index (χ1n) is 16.2. The van der Waals surface area contributed by atoms with E-state index in [4.69, 9.17) is 27.4 Å². The van der Waals surface area contributed by atoms with Crippen molar-refractivity contribution in [3.8, 4) is 0 Å². The Morgan fingerprint density at radius 2 is 0.962 bits per heavy atom. The van der Waals surface area contributed by atoms with Crippen molar-refractivity contribution in [2.24, 2.45) is 17.2 Å². The minimum absolute atomic E-state index is 0.0165. The van der Waals surface area contributed by atoms with Crippen LogP contribution in [0.25, 0.3) is 0 Å². The average molecular weight is 748 g/mol. The Kier molecular flexibility index (Phi) is 22.9. The standard InChI is InChI=1S/C29H49N9O14/c30-9-3-1-5-15(32)25(47)36-16(7-8-22(41)42)27(49)38-18(11-23(43)44)26(48)34-13-20(39)33-14-21(40)35-19(12-24(45)46)28(50)37-17(29(51)52)6-2-4-10-31/h15-19H,1-14,30-32H2,(H,33,39)(H,34,48)(H,35,40)(H,36,47)(H,37,50)(H,38,49)(H,41,42)(H,43,44)(H,45,46)(H,51,52). The number of nitrogens with one attached hydrogen (secondary N) is 6. The Balaban J connectivity index is 5.36. The van der Waals surface area contributed by atoms with Gasteiger partial charge in [0.1, 0.15) is 24.2 Å². The van der Waals surface area contributed by atoms with Crippen molar-refractivity contribution in [1.82, 2.24) is 31.9 Å². The second kappa shape index (κ2) is 25.5. The molecule has 6 amide bonds. The zero-order chi connectivity index (χ0) is 39.8. The molecule has 294 valence electrons. The molecule has 0 aromatic rings. The first kappa shape index (κ1) is 46.6. The van der Waals surface area contributed by atoms with E-state index in [2.05, 4.69) is 31.9 Å². The number of carbonyl (C=O) groups is 10. The predicted molar refractivity (Wildman–Crippen MR) is 177 cm³/mol. The molecule has 0 spiro atoms. The van der Waals surface area contributed by atoms with Gasteiger partial charge >= 0.3 is 23.9 Å². The summed E-state index contributed by atoms with van der Waals surface area (Å²) in [7, 11) is 0. The highest BCUT2D eigenvalue weighted by atomic mass is 16.4. The Bertz CT molecular complexity index is 1280. The van der Waals surface area contributed by atoms with Gasteiger partial charge in [-0.1, -0.05) is 6.42 Å². The number of aliphatic carboxylic acids is 4. The zero-order valence-electron chi connectivity index (χ0n) is 28.4. The molecular formula is C29H49N9O14.